The minimum atomic E-state index is -5.08. The van der Waals surface area contributed by atoms with E-state index >= 15 is 0 Å². The molecule has 4 N–H and O–H groups in total. The summed E-state index contributed by atoms with van der Waals surface area (Å²) < 4.78 is 86.1. The number of hydrogen-bond acceptors (Lipinski definition) is 7. The van der Waals surface area contributed by atoms with Crippen LogP contribution in [0.25, 0.3) is 11.0 Å². The number of fused-ring (bicyclic) bond motifs is 1. The van der Waals surface area contributed by atoms with E-state index in [0.717, 1.165) is 23.0 Å². The molecule has 40 heavy (non-hydrogen) atoms. The van der Waals surface area contributed by atoms with Crippen LogP contribution in [-0.4, -0.2) is 55.7 Å². The van der Waals surface area contributed by atoms with E-state index in [1.807, 2.05) is 35.9 Å². The largest absolute Gasteiger partial charge is 0.490 e. The number of halogens is 3. The number of carboxylic acid groups (broad SMARTS) is 1. The van der Waals surface area contributed by atoms with Crippen molar-refractivity contribution in [3.8, 4) is 0 Å². The number of amides is 1. The van der Waals surface area contributed by atoms with Gasteiger partial charge in [-0.2, -0.15) is 13.2 Å². The van der Waals surface area contributed by atoms with Crippen LogP contribution in [0.3, 0.4) is 0 Å². The first-order valence-electron chi connectivity index (χ1n) is 12.0. The van der Waals surface area contributed by atoms with Crippen molar-refractivity contribution in [1.29, 1.82) is 0 Å². The lowest BCUT2D eigenvalue weighted by atomic mass is 10.0. The maximum Gasteiger partial charge on any atom is 0.490 e. The molecule has 2 heterocycles. The van der Waals surface area contributed by atoms with Crippen LogP contribution in [0, 0.1) is 0 Å². The van der Waals surface area contributed by atoms with Gasteiger partial charge in [-0.3, -0.25) is 9.52 Å². The Labute approximate surface area is 228 Å². The number of aromatic nitrogens is 2. The third-order valence-electron chi connectivity index (χ3n) is 5.86. The van der Waals surface area contributed by atoms with Gasteiger partial charge in [-0.05, 0) is 36.1 Å². The lowest BCUT2D eigenvalue weighted by Crippen LogP contribution is -2.32. The van der Waals surface area contributed by atoms with Gasteiger partial charge in [0, 0.05) is 0 Å². The molecule has 16 heteroatoms. The molecule has 2 aromatic carbocycles. The Balaban J connectivity index is 0.000000559. The smallest absolute Gasteiger partial charge is 0.475 e. The molecule has 1 unspecified atom stereocenters. The maximum absolute atomic E-state index is 12.7. The average molecular weight is 605 g/mol. The van der Waals surface area contributed by atoms with Gasteiger partial charge >= 0.3 is 12.1 Å². The number of carbonyl (C=O) groups is 2. The first-order valence-corrected chi connectivity index (χ1v) is 15.2. The van der Waals surface area contributed by atoms with Gasteiger partial charge < -0.3 is 10.1 Å². The van der Waals surface area contributed by atoms with Gasteiger partial charge in [0.1, 0.15) is 11.1 Å². The van der Waals surface area contributed by atoms with Crippen LogP contribution in [0.4, 0.5) is 13.2 Å². The second-order valence-corrected chi connectivity index (χ2v) is 12.7. The van der Waals surface area contributed by atoms with Gasteiger partial charge in [0.15, 0.2) is 0 Å². The summed E-state index contributed by atoms with van der Waals surface area (Å²) in [4.78, 5) is 28.2. The number of imidazole rings is 1. The number of benzene rings is 2. The van der Waals surface area contributed by atoms with E-state index in [0.29, 0.717) is 24.2 Å². The molecule has 11 nitrogen and oxygen atoms in total. The highest BCUT2D eigenvalue weighted by Crippen LogP contribution is 2.30. The van der Waals surface area contributed by atoms with Crippen molar-refractivity contribution in [2.45, 2.75) is 50.1 Å². The molecule has 1 aromatic heterocycles. The number of unbranched alkanes of at least 4 members (excludes halogenated alkanes) is 1. The fourth-order valence-corrected chi connectivity index (χ4v) is 6.74. The third-order valence-corrected chi connectivity index (χ3v) is 9.03. The first kappa shape index (κ1) is 31.0. The van der Waals surface area contributed by atoms with Crippen LogP contribution in [0.1, 0.15) is 54.4 Å². The van der Waals surface area contributed by atoms with Crippen LogP contribution in [-0.2, 0) is 36.1 Å². The lowest BCUT2D eigenvalue weighted by molar-refractivity contribution is -0.192. The minimum absolute atomic E-state index is 0.0275. The molecule has 1 amide bonds. The van der Waals surface area contributed by atoms with Gasteiger partial charge in [0.2, 0.25) is 26.0 Å². The highest BCUT2D eigenvalue weighted by atomic mass is 32.2. The number of carbonyl (C=O) groups excluding carboxylic acids is 1. The number of aliphatic carboxylic acids is 1. The normalized spacial score (nSPS) is 17.6. The fraction of sp³-hybridized carbons (Fsp3) is 0.375. The Morgan fingerprint density at radius 1 is 1.18 bits per heavy atom. The summed E-state index contributed by atoms with van der Waals surface area (Å²) in [6.45, 7) is 1.93. The predicted octanol–water partition coefficient (Wildman–Crippen LogP) is 3.09. The van der Waals surface area contributed by atoms with Crippen LogP contribution in [0.5, 0.6) is 0 Å². The molecule has 1 aliphatic heterocycles. The van der Waals surface area contributed by atoms with Gasteiger partial charge in [-0.15, -0.1) is 0 Å². The number of nitrogens with zero attached hydrogens (tertiary/aromatic N) is 1. The Hall–Kier alpha value is -3.50. The van der Waals surface area contributed by atoms with Crippen LogP contribution in [0.15, 0.2) is 48.5 Å². The van der Waals surface area contributed by atoms with E-state index in [1.54, 1.807) is 24.3 Å². The second kappa shape index (κ2) is 12.3. The molecule has 1 fully saturated rings. The van der Waals surface area contributed by atoms with Crippen molar-refractivity contribution in [2.24, 2.45) is 0 Å². The molecular formula is C24H27F3N4O7S2. The molecule has 3 aromatic rings. The van der Waals surface area contributed by atoms with Crippen LogP contribution < -0.4 is 9.44 Å². The van der Waals surface area contributed by atoms with E-state index in [-0.39, 0.29) is 12.2 Å². The summed E-state index contributed by atoms with van der Waals surface area (Å²) >= 11 is 0. The van der Waals surface area contributed by atoms with E-state index < -0.39 is 49.4 Å². The number of alkyl halides is 3. The molecule has 1 saturated heterocycles. The molecule has 0 saturated carbocycles. The molecule has 0 spiro atoms. The minimum Gasteiger partial charge on any atom is -0.475 e. The quantitative estimate of drug-likeness (QED) is 0.288. The first-order chi connectivity index (χ1) is 18.6. The third kappa shape index (κ3) is 8.25. The van der Waals surface area contributed by atoms with Crippen molar-refractivity contribution in [1.82, 2.24) is 19.4 Å². The van der Waals surface area contributed by atoms with Crippen molar-refractivity contribution in [3.63, 3.8) is 0 Å². The summed E-state index contributed by atoms with van der Waals surface area (Å²) in [6, 6.07) is 13.7. The summed E-state index contributed by atoms with van der Waals surface area (Å²) in [7, 11) is -7.25. The lowest BCUT2D eigenvalue weighted by Gasteiger charge is -2.17. The summed E-state index contributed by atoms with van der Waals surface area (Å²) in [5.74, 6) is -2.74. The van der Waals surface area contributed by atoms with Crippen LogP contribution in [0.2, 0.25) is 0 Å². The van der Waals surface area contributed by atoms with Gasteiger partial charge in [-0.25, -0.2) is 31.3 Å². The summed E-state index contributed by atoms with van der Waals surface area (Å²) in [5.41, 5.74) is 2.87. The number of nitrogens with one attached hydrogen (secondary N) is 3. The van der Waals surface area contributed by atoms with E-state index in [1.165, 1.54) is 0 Å². The summed E-state index contributed by atoms with van der Waals surface area (Å²) in [6.07, 6.45) is -3.56. The Bertz CT molecular complexity index is 1540. The SMILES string of the molecule is CCCCS(=O)(=O)N[C@@H](Cc1ccc(C2CC(=O)NS2(=O)=O)cc1)c1nc2ccccc2[nH]1.O=C(O)C(F)(F)F. The van der Waals surface area contributed by atoms with Crippen molar-refractivity contribution < 1.29 is 44.7 Å². The van der Waals surface area contributed by atoms with Gasteiger partial charge in [-0.1, -0.05) is 49.7 Å². The number of rotatable bonds is 9. The van der Waals surface area contributed by atoms with Crippen molar-refractivity contribution in [2.75, 3.05) is 5.75 Å². The zero-order valence-corrected chi connectivity index (χ0v) is 22.7. The molecule has 0 aliphatic carbocycles. The van der Waals surface area contributed by atoms with E-state index in [9.17, 15) is 34.8 Å². The predicted molar refractivity (Wildman–Crippen MR) is 139 cm³/mol. The van der Waals surface area contributed by atoms with E-state index in [2.05, 4.69) is 14.7 Å². The van der Waals surface area contributed by atoms with Crippen LogP contribution >= 0.6 is 0 Å². The number of carboxylic acids is 1. The Morgan fingerprint density at radius 2 is 1.80 bits per heavy atom. The van der Waals surface area contributed by atoms with Gasteiger partial charge in [0.05, 0.1) is 29.2 Å². The Morgan fingerprint density at radius 3 is 2.33 bits per heavy atom. The molecular weight excluding hydrogens is 577 g/mol. The fourth-order valence-electron chi connectivity index (χ4n) is 3.89. The van der Waals surface area contributed by atoms with Crippen molar-refractivity contribution in [3.05, 3.63) is 65.5 Å². The number of hydrogen-bond donors (Lipinski definition) is 4. The Kier molecular flexibility index (Phi) is 9.58. The van der Waals surface area contributed by atoms with E-state index in [4.69, 9.17) is 9.90 Å². The highest BCUT2D eigenvalue weighted by molar-refractivity contribution is 7.90. The van der Waals surface area contributed by atoms with Crippen molar-refractivity contribution >= 4 is 43.0 Å². The molecule has 4 rings (SSSR count). The second-order valence-electron chi connectivity index (χ2n) is 8.99. The maximum atomic E-state index is 12.7. The number of para-hydroxylation sites is 2. The summed E-state index contributed by atoms with van der Waals surface area (Å²) in [5, 5.41) is 6.21. The molecule has 0 bridgehead atoms. The highest BCUT2D eigenvalue weighted by Gasteiger charge is 2.38. The topological polar surface area (TPSA) is 175 Å². The zero-order chi connectivity index (χ0) is 29.7. The average Bonchev–Trinajstić information content (AvgIpc) is 3.42. The number of sulfonamides is 2. The van der Waals surface area contributed by atoms with Gasteiger partial charge in [0.25, 0.3) is 0 Å². The molecule has 1 aliphatic rings. The number of aromatic amines is 1. The molecule has 2 atom stereocenters. The zero-order valence-electron chi connectivity index (χ0n) is 21.1. The standard InChI is InChI=1S/C22H26N4O5S2.C2HF3O2/c1-2-3-12-32(28,29)25-19(22-23-17-6-4-5-7-18(17)24-22)13-15-8-10-16(11-9-15)20-14-21(27)26-33(20,30)31;3-2(4,5)1(6)7/h4-11,19-20,25H,2-3,12-14H2,1H3,(H,23,24)(H,26,27);(H,6,7)/t19-,20?;/m0./s1. The number of H-pyrrole nitrogens is 1. The monoisotopic (exact) mass is 604 g/mol. The molecule has 0 radical (unpaired) electrons. The molecule has 218 valence electrons.